The van der Waals surface area contributed by atoms with Gasteiger partial charge in [-0.3, -0.25) is 19.7 Å². The summed E-state index contributed by atoms with van der Waals surface area (Å²) in [5.74, 6) is 0.273. The van der Waals surface area contributed by atoms with Gasteiger partial charge in [-0.2, -0.15) is 0 Å². The highest BCUT2D eigenvalue weighted by Gasteiger charge is 2.44. The van der Waals surface area contributed by atoms with E-state index in [0.717, 1.165) is 17.7 Å². The van der Waals surface area contributed by atoms with Gasteiger partial charge in [0.15, 0.2) is 0 Å². The van der Waals surface area contributed by atoms with Crippen LogP contribution in [0.25, 0.3) is 0 Å². The summed E-state index contributed by atoms with van der Waals surface area (Å²) in [6, 6.07) is 4.98. The number of fused-ring (bicyclic) bond motifs is 3. The smallest absolute Gasteiger partial charge is 0.255 e. The Bertz CT molecular complexity index is 1300. The number of piperidine rings is 1. The van der Waals surface area contributed by atoms with Gasteiger partial charge in [0, 0.05) is 17.5 Å². The van der Waals surface area contributed by atoms with Crippen LogP contribution in [-0.2, 0) is 22.7 Å². The molecule has 2 fully saturated rings. The van der Waals surface area contributed by atoms with E-state index in [1.54, 1.807) is 17.7 Å². The molecular weight excluding hydrogens is 470 g/mol. The molecule has 2 aliphatic carbocycles. The molecule has 1 aromatic heterocycles. The molecule has 1 saturated heterocycles. The Balaban J connectivity index is 1.15. The van der Waals surface area contributed by atoms with Gasteiger partial charge < -0.3 is 9.64 Å². The summed E-state index contributed by atoms with van der Waals surface area (Å²) >= 11 is 0. The summed E-state index contributed by atoms with van der Waals surface area (Å²) < 4.78 is 8.14. The van der Waals surface area contributed by atoms with Crippen LogP contribution in [0.5, 0.6) is 5.75 Å². The molecule has 2 bridgehead atoms. The van der Waals surface area contributed by atoms with E-state index in [4.69, 9.17) is 4.74 Å². The first-order chi connectivity index (χ1) is 17.8. The van der Waals surface area contributed by atoms with Crippen molar-refractivity contribution in [1.82, 2.24) is 25.2 Å². The topological polar surface area (TPSA) is 106 Å². The Labute approximate surface area is 216 Å². The number of amides is 3. The second-order valence-corrected chi connectivity index (χ2v) is 11.2. The van der Waals surface area contributed by atoms with E-state index in [2.05, 4.69) is 35.6 Å². The zero-order chi connectivity index (χ0) is 25.7. The van der Waals surface area contributed by atoms with E-state index in [1.165, 1.54) is 30.6 Å². The van der Waals surface area contributed by atoms with Crippen LogP contribution in [0, 0.1) is 11.3 Å². The number of benzene rings is 1. The molecule has 0 spiro atoms. The molecule has 1 N–H and O–H groups in total. The fraction of sp³-hybridized carbons (Fsp3) is 0.536. The van der Waals surface area contributed by atoms with Crippen LogP contribution in [0.1, 0.15) is 86.5 Å². The number of nitrogens with zero attached hydrogens (tertiary/aromatic N) is 4. The number of imide groups is 1. The van der Waals surface area contributed by atoms with Crippen molar-refractivity contribution < 1.29 is 19.1 Å². The molecule has 4 aliphatic rings. The van der Waals surface area contributed by atoms with Crippen molar-refractivity contribution in [1.29, 1.82) is 0 Å². The fourth-order valence-corrected chi connectivity index (χ4v) is 6.94. The summed E-state index contributed by atoms with van der Waals surface area (Å²) in [5, 5.41) is 11.2. The zero-order valence-corrected chi connectivity index (χ0v) is 21.4. The Morgan fingerprint density at radius 3 is 2.95 bits per heavy atom. The summed E-state index contributed by atoms with van der Waals surface area (Å²) in [7, 11) is 0. The van der Waals surface area contributed by atoms with E-state index in [9.17, 15) is 14.4 Å². The van der Waals surface area contributed by atoms with Gasteiger partial charge >= 0.3 is 0 Å². The first-order valence-corrected chi connectivity index (χ1v) is 13.3. The molecule has 6 rings (SSSR count). The van der Waals surface area contributed by atoms with Crippen LogP contribution < -0.4 is 10.1 Å². The molecule has 37 heavy (non-hydrogen) atoms. The Kier molecular flexibility index (Phi) is 5.88. The highest BCUT2D eigenvalue weighted by atomic mass is 16.5. The molecule has 4 unspecified atom stereocenters. The van der Waals surface area contributed by atoms with Crippen molar-refractivity contribution in [3.63, 3.8) is 0 Å². The minimum atomic E-state index is -0.649. The molecule has 9 nitrogen and oxygen atoms in total. The normalized spacial score (nSPS) is 28.0. The predicted octanol–water partition coefficient (Wildman–Crippen LogP) is 3.71. The standard InChI is InChI=1S/C28H33N5O4/c1-17-11-19-5-4-10-28(12-17,13-19)18(2)33-14-20(30-31-33)16-37-24-7-3-6-21-22(24)15-32(27(21)36)23-8-9-25(34)29-26(23)35/h3,6-7,11,14,17-18,23H,4-5,8-10,12-13,15-16H2,1-2H3,(H,29,34,35). The molecule has 2 aromatic rings. The lowest BCUT2D eigenvalue weighted by Gasteiger charge is -2.47. The second-order valence-electron chi connectivity index (χ2n) is 11.2. The van der Waals surface area contributed by atoms with Gasteiger partial charge in [0.1, 0.15) is 24.1 Å². The SMILES string of the molecule is CC1C=C2CCCC(C(C)n3cc(COc4cccc5c4CN(C4CCC(=O)NC4=O)C5=O)nn3)(C2)C1. The summed E-state index contributed by atoms with van der Waals surface area (Å²) in [6.07, 6.45) is 11.0. The first kappa shape index (κ1) is 23.9. The number of hydrogen-bond acceptors (Lipinski definition) is 6. The van der Waals surface area contributed by atoms with Crippen LogP contribution >= 0.6 is 0 Å². The van der Waals surface area contributed by atoms with Gasteiger partial charge in [0.2, 0.25) is 11.8 Å². The zero-order valence-electron chi connectivity index (χ0n) is 21.4. The average molecular weight is 504 g/mol. The van der Waals surface area contributed by atoms with E-state index in [1.807, 2.05) is 16.9 Å². The summed E-state index contributed by atoms with van der Waals surface area (Å²) in [6.45, 7) is 5.09. The maximum absolute atomic E-state index is 13.1. The van der Waals surface area contributed by atoms with Crippen molar-refractivity contribution in [3.8, 4) is 5.75 Å². The highest BCUT2D eigenvalue weighted by molar-refractivity contribution is 6.05. The third-order valence-corrected chi connectivity index (χ3v) is 8.76. The van der Waals surface area contributed by atoms with E-state index in [-0.39, 0.29) is 42.8 Å². The largest absolute Gasteiger partial charge is 0.487 e. The summed E-state index contributed by atoms with van der Waals surface area (Å²) in [4.78, 5) is 38.5. The molecule has 3 heterocycles. The maximum atomic E-state index is 13.1. The van der Waals surface area contributed by atoms with Crippen molar-refractivity contribution >= 4 is 17.7 Å². The van der Waals surface area contributed by atoms with Crippen molar-refractivity contribution in [2.45, 2.75) is 84.0 Å². The number of nitrogens with one attached hydrogen (secondary N) is 1. The molecule has 0 radical (unpaired) electrons. The monoisotopic (exact) mass is 503 g/mol. The first-order valence-electron chi connectivity index (χ1n) is 13.3. The van der Waals surface area contributed by atoms with Gasteiger partial charge in [-0.05, 0) is 68.9 Å². The lowest BCUT2D eigenvalue weighted by atomic mass is 9.60. The quantitative estimate of drug-likeness (QED) is 0.476. The third kappa shape index (κ3) is 4.24. The number of carbonyl (C=O) groups excluding carboxylic acids is 3. The van der Waals surface area contributed by atoms with Crippen LogP contribution in [-0.4, -0.2) is 43.7 Å². The average Bonchev–Trinajstić information content (AvgIpc) is 3.47. The van der Waals surface area contributed by atoms with Crippen LogP contribution in [0.15, 0.2) is 36.0 Å². The number of rotatable bonds is 6. The van der Waals surface area contributed by atoms with Gasteiger partial charge in [-0.1, -0.05) is 29.9 Å². The summed E-state index contributed by atoms with van der Waals surface area (Å²) in [5.41, 5.74) is 3.86. The predicted molar refractivity (Wildman–Crippen MR) is 134 cm³/mol. The molecule has 9 heteroatoms. The van der Waals surface area contributed by atoms with E-state index >= 15 is 0 Å². The minimum Gasteiger partial charge on any atom is -0.487 e. The van der Waals surface area contributed by atoms with Gasteiger partial charge in [0.05, 0.1) is 18.8 Å². The van der Waals surface area contributed by atoms with Gasteiger partial charge in [0.25, 0.3) is 5.91 Å². The van der Waals surface area contributed by atoms with E-state index in [0.29, 0.717) is 23.7 Å². The Morgan fingerprint density at radius 1 is 1.24 bits per heavy atom. The second kappa shape index (κ2) is 9.11. The van der Waals surface area contributed by atoms with Crippen LogP contribution in [0.3, 0.4) is 0 Å². The van der Waals surface area contributed by atoms with Crippen molar-refractivity contribution in [2.75, 3.05) is 0 Å². The van der Waals surface area contributed by atoms with Crippen molar-refractivity contribution in [3.05, 3.63) is 52.9 Å². The third-order valence-electron chi connectivity index (χ3n) is 8.76. The number of aromatic nitrogens is 3. The van der Waals surface area contributed by atoms with Crippen LogP contribution in [0.4, 0.5) is 0 Å². The molecule has 1 aromatic carbocycles. The Morgan fingerprint density at radius 2 is 2.11 bits per heavy atom. The maximum Gasteiger partial charge on any atom is 0.255 e. The van der Waals surface area contributed by atoms with Crippen molar-refractivity contribution in [2.24, 2.45) is 11.3 Å². The van der Waals surface area contributed by atoms with Gasteiger partial charge in [-0.25, -0.2) is 4.68 Å². The molecule has 4 atom stereocenters. The molecule has 3 amide bonds. The molecule has 194 valence electrons. The number of hydrogen-bond donors (Lipinski definition) is 1. The lowest BCUT2D eigenvalue weighted by molar-refractivity contribution is -0.136. The number of ether oxygens (including phenoxy) is 1. The molecule has 1 saturated carbocycles. The highest BCUT2D eigenvalue weighted by Crippen LogP contribution is 2.53. The molecule has 2 aliphatic heterocycles. The lowest BCUT2D eigenvalue weighted by Crippen LogP contribution is -2.52. The number of allylic oxidation sites excluding steroid dienone is 2. The van der Waals surface area contributed by atoms with E-state index < -0.39 is 11.9 Å². The number of carbonyl (C=O) groups is 3. The van der Waals surface area contributed by atoms with Gasteiger partial charge in [-0.15, -0.1) is 5.10 Å². The molecular formula is C28H33N5O4. The fourth-order valence-electron chi connectivity index (χ4n) is 6.94. The van der Waals surface area contributed by atoms with Crippen LogP contribution in [0.2, 0.25) is 0 Å². The minimum absolute atomic E-state index is 0.211. The Hall–Kier alpha value is -3.49.